The van der Waals surface area contributed by atoms with Crippen molar-refractivity contribution in [3.8, 4) is 0 Å². The van der Waals surface area contributed by atoms with Crippen LogP contribution in [-0.2, 0) is 9.53 Å². The standard InChI is InChI=1S/C15H27NO3S/c1-11-10-20-12(8-6-5-7-9-17)13(11)16-14(18)19-15(2,3)4/h9,11-13H,5-8,10H2,1-4H3,(H,16,18)/t11-,12-,13-/m0/s1. The van der Waals surface area contributed by atoms with Crippen molar-refractivity contribution in [2.45, 2.75) is 70.3 Å². The number of thioether (sulfide) groups is 1. The van der Waals surface area contributed by atoms with Gasteiger partial charge < -0.3 is 14.8 Å². The first-order chi connectivity index (χ1) is 9.33. The molecule has 116 valence electrons. The predicted molar refractivity (Wildman–Crippen MR) is 83.1 cm³/mol. The number of rotatable bonds is 6. The lowest BCUT2D eigenvalue weighted by Crippen LogP contribution is -2.45. The number of alkyl carbamates (subject to hydrolysis) is 1. The van der Waals surface area contributed by atoms with E-state index in [4.69, 9.17) is 4.74 Å². The molecule has 1 N–H and O–H groups in total. The highest BCUT2D eigenvalue weighted by Gasteiger charge is 2.35. The highest BCUT2D eigenvalue weighted by molar-refractivity contribution is 8.00. The van der Waals surface area contributed by atoms with Crippen molar-refractivity contribution < 1.29 is 14.3 Å². The third-order valence-electron chi connectivity index (χ3n) is 3.33. The van der Waals surface area contributed by atoms with E-state index in [-0.39, 0.29) is 12.1 Å². The number of hydrogen-bond donors (Lipinski definition) is 1. The molecular formula is C15H27NO3S. The topological polar surface area (TPSA) is 55.4 Å². The zero-order valence-corrected chi connectivity index (χ0v) is 13.8. The Morgan fingerprint density at radius 2 is 2.10 bits per heavy atom. The maximum Gasteiger partial charge on any atom is 0.407 e. The number of ether oxygens (including phenoxy) is 1. The van der Waals surface area contributed by atoms with Crippen LogP contribution in [0.25, 0.3) is 0 Å². The minimum absolute atomic E-state index is 0.172. The summed E-state index contributed by atoms with van der Waals surface area (Å²) in [6.07, 6.45) is 4.31. The molecule has 0 spiro atoms. The summed E-state index contributed by atoms with van der Waals surface area (Å²) >= 11 is 1.92. The molecular weight excluding hydrogens is 274 g/mol. The van der Waals surface area contributed by atoms with Crippen molar-refractivity contribution in [2.75, 3.05) is 5.75 Å². The number of amides is 1. The molecule has 0 unspecified atom stereocenters. The Labute approximate surface area is 126 Å². The molecule has 1 rings (SSSR count). The number of carbonyl (C=O) groups is 2. The Morgan fingerprint density at radius 3 is 2.70 bits per heavy atom. The second kappa shape index (κ2) is 7.91. The minimum Gasteiger partial charge on any atom is -0.444 e. The van der Waals surface area contributed by atoms with Crippen LogP contribution in [0.4, 0.5) is 4.79 Å². The van der Waals surface area contributed by atoms with Crippen LogP contribution in [0.1, 0.15) is 53.4 Å². The summed E-state index contributed by atoms with van der Waals surface area (Å²) < 4.78 is 5.33. The quantitative estimate of drug-likeness (QED) is 0.603. The molecule has 0 aromatic heterocycles. The average molecular weight is 301 g/mol. The summed E-state index contributed by atoms with van der Waals surface area (Å²) in [5, 5.41) is 3.46. The van der Waals surface area contributed by atoms with E-state index >= 15 is 0 Å². The lowest BCUT2D eigenvalue weighted by molar-refractivity contribution is -0.107. The van der Waals surface area contributed by atoms with Crippen LogP contribution in [0.2, 0.25) is 0 Å². The van der Waals surface area contributed by atoms with Crippen LogP contribution >= 0.6 is 11.8 Å². The van der Waals surface area contributed by atoms with E-state index in [1.165, 1.54) is 0 Å². The SMILES string of the molecule is C[C@H]1CS[C@@H](CCCCC=O)[C@H]1NC(=O)OC(C)(C)C. The highest BCUT2D eigenvalue weighted by atomic mass is 32.2. The fraction of sp³-hybridized carbons (Fsp3) is 0.867. The molecule has 0 aromatic rings. The Bertz CT molecular complexity index is 328. The fourth-order valence-corrected chi connectivity index (χ4v) is 4.00. The Balaban J connectivity index is 2.43. The van der Waals surface area contributed by atoms with Crippen molar-refractivity contribution in [1.29, 1.82) is 0 Å². The van der Waals surface area contributed by atoms with Gasteiger partial charge >= 0.3 is 6.09 Å². The van der Waals surface area contributed by atoms with Gasteiger partial charge in [0.2, 0.25) is 0 Å². The number of carbonyl (C=O) groups excluding carboxylic acids is 2. The molecule has 1 aliphatic rings. The van der Waals surface area contributed by atoms with Crippen molar-refractivity contribution in [2.24, 2.45) is 5.92 Å². The predicted octanol–water partition coefficient (Wildman–Crippen LogP) is 3.39. The first kappa shape index (κ1) is 17.3. The molecule has 0 bridgehead atoms. The van der Waals surface area contributed by atoms with Gasteiger partial charge in [-0.2, -0.15) is 11.8 Å². The van der Waals surface area contributed by atoms with Gasteiger partial charge in [-0.15, -0.1) is 0 Å². The molecule has 0 aromatic carbocycles. The fourth-order valence-electron chi connectivity index (χ4n) is 2.36. The molecule has 1 amide bonds. The van der Waals surface area contributed by atoms with Crippen LogP contribution in [0.3, 0.4) is 0 Å². The van der Waals surface area contributed by atoms with E-state index in [0.29, 0.717) is 17.6 Å². The normalized spacial score (nSPS) is 26.3. The van der Waals surface area contributed by atoms with E-state index in [2.05, 4.69) is 12.2 Å². The highest BCUT2D eigenvalue weighted by Crippen LogP contribution is 2.35. The average Bonchev–Trinajstić information content (AvgIpc) is 2.64. The third-order valence-corrected chi connectivity index (χ3v) is 5.01. The maximum atomic E-state index is 11.9. The zero-order valence-electron chi connectivity index (χ0n) is 13.0. The largest absolute Gasteiger partial charge is 0.444 e. The van der Waals surface area contributed by atoms with Crippen molar-refractivity contribution in [1.82, 2.24) is 5.32 Å². The van der Waals surface area contributed by atoms with E-state index in [0.717, 1.165) is 31.3 Å². The number of aldehydes is 1. The molecule has 4 nitrogen and oxygen atoms in total. The van der Waals surface area contributed by atoms with Crippen LogP contribution in [0.15, 0.2) is 0 Å². The zero-order chi connectivity index (χ0) is 15.2. The summed E-state index contributed by atoms with van der Waals surface area (Å²) in [5.41, 5.74) is -0.460. The molecule has 1 saturated heterocycles. The van der Waals surface area contributed by atoms with E-state index < -0.39 is 5.60 Å². The molecule has 0 aliphatic carbocycles. The van der Waals surface area contributed by atoms with Gasteiger partial charge in [0.15, 0.2) is 0 Å². The number of hydrogen-bond acceptors (Lipinski definition) is 4. The lowest BCUT2D eigenvalue weighted by Gasteiger charge is -2.26. The van der Waals surface area contributed by atoms with Crippen molar-refractivity contribution in [3.05, 3.63) is 0 Å². The minimum atomic E-state index is -0.460. The smallest absolute Gasteiger partial charge is 0.407 e. The summed E-state index contributed by atoms with van der Waals surface area (Å²) in [4.78, 5) is 22.2. The van der Waals surface area contributed by atoms with Gasteiger partial charge in [0.05, 0.1) is 0 Å². The van der Waals surface area contributed by atoms with Crippen LogP contribution < -0.4 is 5.32 Å². The van der Waals surface area contributed by atoms with Gasteiger partial charge in [-0.05, 0) is 45.3 Å². The summed E-state index contributed by atoms with van der Waals surface area (Å²) in [6.45, 7) is 7.78. The van der Waals surface area contributed by atoms with Gasteiger partial charge in [0.1, 0.15) is 11.9 Å². The molecule has 0 radical (unpaired) electrons. The summed E-state index contributed by atoms with van der Waals surface area (Å²) in [7, 11) is 0. The van der Waals surface area contributed by atoms with Gasteiger partial charge in [-0.25, -0.2) is 4.79 Å². The molecule has 5 heteroatoms. The molecule has 1 aliphatic heterocycles. The van der Waals surface area contributed by atoms with Crippen LogP contribution in [0.5, 0.6) is 0 Å². The van der Waals surface area contributed by atoms with Gasteiger partial charge in [0, 0.05) is 17.7 Å². The first-order valence-corrected chi connectivity index (χ1v) is 8.43. The van der Waals surface area contributed by atoms with Gasteiger partial charge in [-0.3, -0.25) is 0 Å². The second-order valence-corrected chi connectivity index (χ2v) is 7.74. The molecule has 1 heterocycles. The van der Waals surface area contributed by atoms with Gasteiger partial charge in [0.25, 0.3) is 0 Å². The van der Waals surface area contributed by atoms with E-state index in [1.54, 1.807) is 0 Å². The summed E-state index contributed by atoms with van der Waals surface area (Å²) in [5.74, 6) is 1.53. The van der Waals surface area contributed by atoms with E-state index in [1.807, 2.05) is 32.5 Å². The van der Waals surface area contributed by atoms with E-state index in [9.17, 15) is 9.59 Å². The first-order valence-electron chi connectivity index (χ1n) is 7.38. The van der Waals surface area contributed by atoms with Crippen molar-refractivity contribution in [3.63, 3.8) is 0 Å². The maximum absolute atomic E-state index is 11.9. The molecule has 3 atom stereocenters. The third kappa shape index (κ3) is 6.16. The van der Waals surface area contributed by atoms with Gasteiger partial charge in [-0.1, -0.05) is 13.3 Å². The van der Waals surface area contributed by atoms with Crippen molar-refractivity contribution >= 4 is 24.1 Å². The number of unbranched alkanes of at least 4 members (excludes halogenated alkanes) is 2. The number of nitrogens with one attached hydrogen (secondary N) is 1. The Hall–Kier alpha value is -0.710. The van der Waals surface area contributed by atoms with Crippen LogP contribution in [0, 0.1) is 5.92 Å². The Kier molecular flexibility index (Phi) is 6.86. The monoisotopic (exact) mass is 301 g/mol. The Morgan fingerprint density at radius 1 is 1.40 bits per heavy atom. The molecule has 20 heavy (non-hydrogen) atoms. The molecule has 1 fully saturated rings. The molecule has 0 saturated carbocycles. The van der Waals surface area contributed by atoms with Crippen LogP contribution in [-0.4, -0.2) is 35.0 Å². The second-order valence-electron chi connectivity index (χ2n) is 6.47. The lowest BCUT2D eigenvalue weighted by atomic mass is 9.97. The summed E-state index contributed by atoms with van der Waals surface area (Å²) in [6, 6.07) is 0.172.